The number of aromatic nitrogens is 4. The maximum Gasteiger partial charge on any atom is 0.229 e. The second-order valence-corrected chi connectivity index (χ2v) is 8.31. The van der Waals surface area contributed by atoms with Crippen LogP contribution in [0.4, 0.5) is 10.8 Å². The number of nitrogens with zero attached hydrogens (tertiary/aromatic N) is 5. The van der Waals surface area contributed by atoms with Gasteiger partial charge in [-0.25, -0.2) is 14.6 Å². The molecule has 0 radical (unpaired) electrons. The zero-order chi connectivity index (χ0) is 21.1. The number of rotatable bonds is 6. The van der Waals surface area contributed by atoms with Crippen LogP contribution in [0.3, 0.4) is 0 Å². The molecule has 4 rings (SSSR count). The second kappa shape index (κ2) is 8.93. The summed E-state index contributed by atoms with van der Waals surface area (Å²) >= 11 is 1.65. The molecule has 3 aromatic rings. The summed E-state index contributed by atoms with van der Waals surface area (Å²) in [5.74, 6) is 1.27. The molecule has 0 spiro atoms. The number of nitrogens with one attached hydrogen (secondary N) is 1. The summed E-state index contributed by atoms with van der Waals surface area (Å²) in [5, 5.41) is 10.4. The van der Waals surface area contributed by atoms with Gasteiger partial charge in [0.2, 0.25) is 5.91 Å². The molecule has 158 valence electrons. The maximum absolute atomic E-state index is 12.6. The van der Waals surface area contributed by atoms with Gasteiger partial charge in [0.05, 0.1) is 31.4 Å². The second-order valence-electron chi connectivity index (χ2n) is 7.47. The van der Waals surface area contributed by atoms with E-state index in [0.29, 0.717) is 6.54 Å². The molecule has 9 heteroatoms. The summed E-state index contributed by atoms with van der Waals surface area (Å²) in [6.07, 6.45) is 0. The van der Waals surface area contributed by atoms with Crippen molar-refractivity contribution in [1.82, 2.24) is 19.7 Å². The van der Waals surface area contributed by atoms with Crippen molar-refractivity contribution in [2.75, 3.05) is 36.5 Å². The zero-order valence-corrected chi connectivity index (χ0v) is 18.3. The fourth-order valence-corrected chi connectivity index (χ4v) is 4.25. The van der Waals surface area contributed by atoms with Gasteiger partial charge in [-0.2, -0.15) is 5.10 Å². The van der Waals surface area contributed by atoms with E-state index in [1.54, 1.807) is 16.0 Å². The third-order valence-electron chi connectivity index (χ3n) is 5.08. The Balaban J connectivity index is 1.37. The van der Waals surface area contributed by atoms with Crippen molar-refractivity contribution < 1.29 is 9.53 Å². The van der Waals surface area contributed by atoms with E-state index in [1.807, 2.05) is 45.0 Å². The lowest BCUT2D eigenvalue weighted by Gasteiger charge is -2.26. The van der Waals surface area contributed by atoms with Crippen LogP contribution in [-0.2, 0) is 16.1 Å². The molecule has 1 fully saturated rings. The molecule has 3 heterocycles. The van der Waals surface area contributed by atoms with Gasteiger partial charge in [0.15, 0.2) is 5.13 Å². The third kappa shape index (κ3) is 4.68. The van der Waals surface area contributed by atoms with Crippen LogP contribution in [0, 0.1) is 19.8 Å². The largest absolute Gasteiger partial charge is 0.378 e. The minimum Gasteiger partial charge on any atom is -0.378 e. The number of carbonyl (C=O) groups is 1. The number of ether oxygens (including phenoxy) is 1. The SMILES string of the molecule is Cc1nc(C)n(C[C@@H](C)C(=O)Nc2ccc(-c3csc(N4CCOCC4)n3)cc2)n1. The first-order valence-electron chi connectivity index (χ1n) is 10.1. The van der Waals surface area contributed by atoms with Crippen LogP contribution in [0.2, 0.25) is 0 Å². The van der Waals surface area contributed by atoms with Crippen LogP contribution >= 0.6 is 11.3 Å². The number of carbonyl (C=O) groups excluding carboxylic acids is 1. The molecule has 1 aromatic carbocycles. The maximum atomic E-state index is 12.6. The number of hydrogen-bond donors (Lipinski definition) is 1. The molecule has 2 aromatic heterocycles. The highest BCUT2D eigenvalue weighted by molar-refractivity contribution is 7.14. The topological polar surface area (TPSA) is 85.2 Å². The quantitative estimate of drug-likeness (QED) is 0.652. The number of thiazole rings is 1. The fraction of sp³-hybridized carbons (Fsp3) is 0.429. The van der Waals surface area contributed by atoms with Crippen molar-refractivity contribution in [1.29, 1.82) is 0 Å². The van der Waals surface area contributed by atoms with E-state index in [-0.39, 0.29) is 11.8 Å². The van der Waals surface area contributed by atoms with Crippen molar-refractivity contribution in [3.8, 4) is 11.3 Å². The van der Waals surface area contributed by atoms with E-state index in [4.69, 9.17) is 9.72 Å². The Kier molecular flexibility index (Phi) is 6.10. The van der Waals surface area contributed by atoms with Gasteiger partial charge >= 0.3 is 0 Å². The van der Waals surface area contributed by atoms with E-state index in [0.717, 1.165) is 60.0 Å². The molecular formula is C21H26N6O2S. The predicted octanol–water partition coefficient (Wildman–Crippen LogP) is 3.13. The molecule has 1 aliphatic rings. The first kappa shape index (κ1) is 20.5. The summed E-state index contributed by atoms with van der Waals surface area (Å²) in [6, 6.07) is 7.81. The summed E-state index contributed by atoms with van der Waals surface area (Å²) in [5.41, 5.74) is 2.75. The molecule has 0 bridgehead atoms. The lowest BCUT2D eigenvalue weighted by molar-refractivity contribution is -0.119. The van der Waals surface area contributed by atoms with Gasteiger partial charge in [-0.15, -0.1) is 11.3 Å². The van der Waals surface area contributed by atoms with E-state index in [1.165, 1.54) is 0 Å². The minimum atomic E-state index is -0.223. The Hall–Kier alpha value is -2.78. The first-order chi connectivity index (χ1) is 14.5. The monoisotopic (exact) mass is 426 g/mol. The Morgan fingerprint density at radius 1 is 1.20 bits per heavy atom. The van der Waals surface area contributed by atoms with Crippen LogP contribution in [0.1, 0.15) is 18.6 Å². The number of aryl methyl sites for hydroxylation is 2. The van der Waals surface area contributed by atoms with Gasteiger partial charge in [-0.3, -0.25) is 4.79 Å². The van der Waals surface area contributed by atoms with E-state index < -0.39 is 0 Å². The average Bonchev–Trinajstić information content (AvgIpc) is 3.36. The van der Waals surface area contributed by atoms with Crippen LogP contribution in [0.5, 0.6) is 0 Å². The standard InChI is InChI=1S/C21H26N6O2S/c1-14(12-27-16(3)22-15(2)25-27)20(28)23-18-6-4-17(5-7-18)19-13-30-21(24-19)26-8-10-29-11-9-26/h4-7,13-14H,8-12H2,1-3H3,(H,23,28)/t14-/m1/s1. The number of morpholine rings is 1. The molecule has 0 unspecified atom stereocenters. The van der Waals surface area contributed by atoms with Gasteiger partial charge in [0.25, 0.3) is 0 Å². The molecule has 1 N–H and O–H groups in total. The van der Waals surface area contributed by atoms with Gasteiger partial charge < -0.3 is 15.0 Å². The highest BCUT2D eigenvalue weighted by Gasteiger charge is 2.17. The molecule has 1 atom stereocenters. The average molecular weight is 427 g/mol. The Labute approximate surface area is 179 Å². The van der Waals surface area contributed by atoms with Crippen molar-refractivity contribution in [3.05, 3.63) is 41.3 Å². The molecule has 0 saturated carbocycles. The molecule has 0 aliphatic carbocycles. The van der Waals surface area contributed by atoms with Crippen LogP contribution < -0.4 is 10.2 Å². The smallest absolute Gasteiger partial charge is 0.229 e. The summed E-state index contributed by atoms with van der Waals surface area (Å²) in [6.45, 7) is 9.39. The molecule has 8 nitrogen and oxygen atoms in total. The number of amides is 1. The molecule has 1 saturated heterocycles. The Morgan fingerprint density at radius 3 is 2.60 bits per heavy atom. The Morgan fingerprint density at radius 2 is 1.93 bits per heavy atom. The molecule has 1 aliphatic heterocycles. The predicted molar refractivity (Wildman–Crippen MR) is 118 cm³/mol. The van der Waals surface area contributed by atoms with Crippen molar-refractivity contribution in [2.45, 2.75) is 27.3 Å². The first-order valence-corrected chi connectivity index (χ1v) is 10.9. The van der Waals surface area contributed by atoms with E-state index in [2.05, 4.69) is 25.7 Å². The van der Waals surface area contributed by atoms with Gasteiger partial charge in [-0.05, 0) is 26.0 Å². The molecule has 1 amide bonds. The van der Waals surface area contributed by atoms with Crippen molar-refractivity contribution in [2.24, 2.45) is 5.92 Å². The highest BCUT2D eigenvalue weighted by Crippen LogP contribution is 2.28. The number of anilines is 2. The van der Waals surface area contributed by atoms with Gasteiger partial charge in [0.1, 0.15) is 11.6 Å². The van der Waals surface area contributed by atoms with Gasteiger partial charge in [0, 0.05) is 29.7 Å². The van der Waals surface area contributed by atoms with Gasteiger partial charge in [-0.1, -0.05) is 19.1 Å². The van der Waals surface area contributed by atoms with Crippen molar-refractivity contribution in [3.63, 3.8) is 0 Å². The molecular weight excluding hydrogens is 400 g/mol. The lowest BCUT2D eigenvalue weighted by atomic mass is 10.1. The summed E-state index contributed by atoms with van der Waals surface area (Å²) < 4.78 is 7.18. The number of hydrogen-bond acceptors (Lipinski definition) is 7. The van der Waals surface area contributed by atoms with E-state index >= 15 is 0 Å². The van der Waals surface area contributed by atoms with Crippen LogP contribution in [0.25, 0.3) is 11.3 Å². The zero-order valence-electron chi connectivity index (χ0n) is 17.5. The normalized spacial score (nSPS) is 15.2. The number of benzene rings is 1. The minimum absolute atomic E-state index is 0.0430. The third-order valence-corrected chi connectivity index (χ3v) is 5.98. The lowest BCUT2D eigenvalue weighted by Crippen LogP contribution is -2.36. The van der Waals surface area contributed by atoms with Crippen LogP contribution in [-0.4, -0.2) is 52.0 Å². The fourth-order valence-electron chi connectivity index (χ4n) is 3.36. The Bertz CT molecular complexity index is 1010. The van der Waals surface area contributed by atoms with E-state index in [9.17, 15) is 4.79 Å². The van der Waals surface area contributed by atoms with Crippen molar-refractivity contribution >= 4 is 28.1 Å². The molecule has 30 heavy (non-hydrogen) atoms. The van der Waals surface area contributed by atoms with Crippen LogP contribution in [0.15, 0.2) is 29.6 Å². The highest BCUT2D eigenvalue weighted by atomic mass is 32.1. The summed E-state index contributed by atoms with van der Waals surface area (Å²) in [7, 11) is 0. The summed E-state index contributed by atoms with van der Waals surface area (Å²) in [4.78, 5) is 23.9.